The average Bonchev–Trinajstić information content (AvgIpc) is 2.73. The van der Waals surface area contributed by atoms with Crippen LogP contribution in [0.1, 0.15) is 51.5 Å². The first kappa shape index (κ1) is 13.2. The summed E-state index contributed by atoms with van der Waals surface area (Å²) in [7, 11) is 0. The van der Waals surface area contributed by atoms with E-state index < -0.39 is 6.10 Å². The zero-order valence-corrected chi connectivity index (χ0v) is 10.4. The molecule has 0 aliphatic heterocycles. The van der Waals surface area contributed by atoms with Gasteiger partial charge in [-0.2, -0.15) is 0 Å². The molecule has 4 nitrogen and oxygen atoms in total. The van der Waals surface area contributed by atoms with Crippen LogP contribution < -0.4 is 5.73 Å². The van der Waals surface area contributed by atoms with E-state index in [1.54, 1.807) is 12.5 Å². The monoisotopic (exact) mass is 225 g/mol. The topological polar surface area (TPSA) is 64.1 Å². The maximum atomic E-state index is 10.3. The zero-order valence-electron chi connectivity index (χ0n) is 10.4. The van der Waals surface area contributed by atoms with Crippen LogP contribution in [0.5, 0.6) is 0 Å². The van der Waals surface area contributed by atoms with Gasteiger partial charge in [-0.1, -0.05) is 13.3 Å². The number of aliphatic hydroxyl groups is 1. The van der Waals surface area contributed by atoms with Gasteiger partial charge in [0, 0.05) is 12.0 Å². The molecule has 92 valence electrons. The van der Waals surface area contributed by atoms with Crippen molar-refractivity contribution in [2.45, 2.75) is 45.8 Å². The van der Waals surface area contributed by atoms with Crippen molar-refractivity contribution in [3.05, 3.63) is 18.2 Å². The summed E-state index contributed by atoms with van der Waals surface area (Å²) in [6, 6.07) is 0.312. The fourth-order valence-corrected chi connectivity index (χ4v) is 1.99. The molecule has 4 heteroatoms. The van der Waals surface area contributed by atoms with Crippen molar-refractivity contribution >= 4 is 0 Å². The van der Waals surface area contributed by atoms with Gasteiger partial charge >= 0.3 is 0 Å². The molecule has 2 atom stereocenters. The van der Waals surface area contributed by atoms with Crippen LogP contribution in [0.2, 0.25) is 0 Å². The number of nitrogens with two attached hydrogens (primary N) is 1. The van der Waals surface area contributed by atoms with E-state index in [-0.39, 0.29) is 5.92 Å². The fraction of sp³-hybridized carbons (Fsp3) is 0.750. The number of hydrogen-bond acceptors (Lipinski definition) is 3. The molecule has 0 aromatic carbocycles. The Morgan fingerprint density at radius 3 is 2.69 bits per heavy atom. The number of aromatic nitrogens is 2. The average molecular weight is 225 g/mol. The molecule has 0 amide bonds. The van der Waals surface area contributed by atoms with Crippen LogP contribution in [0.25, 0.3) is 0 Å². The van der Waals surface area contributed by atoms with Gasteiger partial charge < -0.3 is 15.4 Å². The zero-order chi connectivity index (χ0) is 12.1. The first-order valence-electron chi connectivity index (χ1n) is 6.01. The van der Waals surface area contributed by atoms with Gasteiger partial charge in [-0.3, -0.25) is 0 Å². The van der Waals surface area contributed by atoms with Crippen molar-refractivity contribution in [1.29, 1.82) is 0 Å². The van der Waals surface area contributed by atoms with Crippen LogP contribution in [0.3, 0.4) is 0 Å². The summed E-state index contributed by atoms with van der Waals surface area (Å²) >= 11 is 0. The molecule has 0 spiro atoms. The second-order valence-electron chi connectivity index (χ2n) is 4.55. The van der Waals surface area contributed by atoms with Gasteiger partial charge in [-0.15, -0.1) is 0 Å². The summed E-state index contributed by atoms with van der Waals surface area (Å²) in [5.74, 6) is 0.124. The fourth-order valence-electron chi connectivity index (χ4n) is 1.99. The lowest BCUT2D eigenvalue weighted by Gasteiger charge is -2.23. The molecule has 0 bridgehead atoms. The van der Waals surface area contributed by atoms with Gasteiger partial charge in [0.2, 0.25) is 0 Å². The molecule has 0 saturated carbocycles. The Labute approximate surface area is 97.5 Å². The van der Waals surface area contributed by atoms with Crippen molar-refractivity contribution in [1.82, 2.24) is 9.55 Å². The molecule has 2 unspecified atom stereocenters. The van der Waals surface area contributed by atoms with Crippen LogP contribution in [0, 0.1) is 5.92 Å². The molecule has 0 fully saturated rings. The van der Waals surface area contributed by atoms with E-state index in [1.165, 1.54) is 0 Å². The van der Waals surface area contributed by atoms with E-state index in [1.807, 2.05) is 4.57 Å². The molecule has 0 radical (unpaired) electrons. The third kappa shape index (κ3) is 2.83. The minimum atomic E-state index is -0.505. The SMILES string of the molecule is CCCC(CN)C(O)c1cncn1C(C)C. The molecule has 1 aromatic heterocycles. The molecule has 3 N–H and O–H groups in total. The van der Waals surface area contributed by atoms with E-state index in [4.69, 9.17) is 5.73 Å². The van der Waals surface area contributed by atoms with Crippen LogP contribution in [0.15, 0.2) is 12.5 Å². The summed E-state index contributed by atoms with van der Waals surface area (Å²) in [5, 5.41) is 10.3. The Balaban J connectivity index is 2.85. The van der Waals surface area contributed by atoms with E-state index in [2.05, 4.69) is 25.8 Å². The third-order valence-corrected chi connectivity index (χ3v) is 2.96. The van der Waals surface area contributed by atoms with Crippen LogP contribution in [-0.4, -0.2) is 21.2 Å². The van der Waals surface area contributed by atoms with Gasteiger partial charge in [0.25, 0.3) is 0 Å². The molecular weight excluding hydrogens is 202 g/mol. The van der Waals surface area contributed by atoms with E-state index in [9.17, 15) is 5.11 Å². The summed E-state index contributed by atoms with van der Waals surface area (Å²) < 4.78 is 2.00. The minimum Gasteiger partial charge on any atom is -0.386 e. The summed E-state index contributed by atoms with van der Waals surface area (Å²) in [6.45, 7) is 6.78. The molecule has 1 aromatic rings. The lowest BCUT2D eigenvalue weighted by atomic mass is 9.95. The second kappa shape index (κ2) is 6.01. The van der Waals surface area contributed by atoms with Gasteiger partial charge in [-0.25, -0.2) is 4.98 Å². The predicted molar refractivity (Wildman–Crippen MR) is 65.0 cm³/mol. The standard InChI is InChI=1S/C12H23N3O/c1-4-5-10(6-13)12(16)11-7-14-8-15(11)9(2)3/h7-10,12,16H,4-6,13H2,1-3H3. The maximum absolute atomic E-state index is 10.3. The highest BCUT2D eigenvalue weighted by Gasteiger charge is 2.22. The predicted octanol–water partition coefficient (Wildman–Crippen LogP) is 1.87. The van der Waals surface area contributed by atoms with Crippen molar-refractivity contribution in [2.75, 3.05) is 6.54 Å². The molecule has 0 aliphatic carbocycles. The van der Waals surface area contributed by atoms with E-state index in [0.717, 1.165) is 18.5 Å². The highest BCUT2D eigenvalue weighted by Crippen LogP contribution is 2.26. The molecular formula is C12H23N3O. The minimum absolute atomic E-state index is 0.124. The Morgan fingerprint density at radius 2 is 2.19 bits per heavy atom. The van der Waals surface area contributed by atoms with Crippen LogP contribution in [0.4, 0.5) is 0 Å². The summed E-state index contributed by atoms with van der Waals surface area (Å²) in [4.78, 5) is 4.10. The number of nitrogens with zero attached hydrogens (tertiary/aromatic N) is 2. The van der Waals surface area contributed by atoms with Crippen molar-refractivity contribution < 1.29 is 5.11 Å². The number of imidazole rings is 1. The summed E-state index contributed by atoms with van der Waals surface area (Å²) in [5.41, 5.74) is 6.58. The molecule has 1 rings (SSSR count). The Morgan fingerprint density at radius 1 is 1.50 bits per heavy atom. The third-order valence-electron chi connectivity index (χ3n) is 2.96. The van der Waals surface area contributed by atoms with Crippen LogP contribution in [-0.2, 0) is 0 Å². The smallest absolute Gasteiger partial charge is 0.0995 e. The molecule has 0 aliphatic rings. The second-order valence-corrected chi connectivity index (χ2v) is 4.55. The molecule has 16 heavy (non-hydrogen) atoms. The number of aliphatic hydroxyl groups excluding tert-OH is 1. The first-order chi connectivity index (χ1) is 7.61. The van der Waals surface area contributed by atoms with Gasteiger partial charge in [-0.05, 0) is 26.8 Å². The Hall–Kier alpha value is -0.870. The van der Waals surface area contributed by atoms with Gasteiger partial charge in [0.05, 0.1) is 24.3 Å². The first-order valence-corrected chi connectivity index (χ1v) is 6.01. The number of rotatable bonds is 6. The van der Waals surface area contributed by atoms with Gasteiger partial charge in [0.15, 0.2) is 0 Å². The molecule has 1 heterocycles. The summed E-state index contributed by atoms with van der Waals surface area (Å²) in [6.07, 6.45) is 4.98. The van der Waals surface area contributed by atoms with Crippen molar-refractivity contribution in [2.24, 2.45) is 11.7 Å². The van der Waals surface area contributed by atoms with Crippen molar-refractivity contribution in [3.63, 3.8) is 0 Å². The Bertz CT molecular complexity index is 309. The maximum Gasteiger partial charge on any atom is 0.0995 e. The Kier molecular flexibility index (Phi) is 4.96. The van der Waals surface area contributed by atoms with Crippen molar-refractivity contribution in [3.8, 4) is 0 Å². The molecule has 0 saturated heterocycles. The lowest BCUT2D eigenvalue weighted by Crippen LogP contribution is -2.24. The number of hydrogen-bond donors (Lipinski definition) is 2. The van der Waals surface area contributed by atoms with E-state index >= 15 is 0 Å². The highest BCUT2D eigenvalue weighted by molar-refractivity contribution is 5.05. The highest BCUT2D eigenvalue weighted by atomic mass is 16.3. The lowest BCUT2D eigenvalue weighted by molar-refractivity contribution is 0.0976. The van der Waals surface area contributed by atoms with E-state index in [0.29, 0.717) is 12.6 Å². The van der Waals surface area contributed by atoms with Gasteiger partial charge in [0.1, 0.15) is 0 Å². The normalized spacial score (nSPS) is 15.4. The quantitative estimate of drug-likeness (QED) is 0.777. The van der Waals surface area contributed by atoms with Crippen LogP contribution >= 0.6 is 0 Å². The largest absolute Gasteiger partial charge is 0.386 e.